The number of hydrogen-bond donors (Lipinski definition) is 1. The predicted octanol–water partition coefficient (Wildman–Crippen LogP) is 4.80. The van der Waals surface area contributed by atoms with E-state index in [1.54, 1.807) is 38.3 Å². The number of fused-ring (bicyclic) bond motifs is 1. The van der Waals surface area contributed by atoms with Crippen molar-refractivity contribution < 1.29 is 32.6 Å². The minimum Gasteiger partial charge on any atom is -0.465 e. The van der Waals surface area contributed by atoms with Crippen molar-refractivity contribution in [3.8, 4) is 0 Å². The van der Waals surface area contributed by atoms with Gasteiger partial charge in [-0.3, -0.25) is 19.8 Å². The highest BCUT2D eigenvalue weighted by Crippen LogP contribution is 2.18. The van der Waals surface area contributed by atoms with Crippen LogP contribution in [0.2, 0.25) is 0 Å². The van der Waals surface area contributed by atoms with E-state index in [2.05, 4.69) is 10.3 Å². The molecule has 220 valence electrons. The van der Waals surface area contributed by atoms with Crippen LogP contribution in [0.4, 0.5) is 19.4 Å². The van der Waals surface area contributed by atoms with Gasteiger partial charge in [0.1, 0.15) is 12.4 Å². The van der Waals surface area contributed by atoms with Gasteiger partial charge in [0.05, 0.1) is 19.2 Å². The Hall–Kier alpha value is -4.12. The second kappa shape index (κ2) is 15.6. The summed E-state index contributed by atoms with van der Waals surface area (Å²) >= 11 is 0. The molecule has 11 heteroatoms. The number of pyridine rings is 1. The molecule has 0 saturated heterocycles. The number of carbonyl (C=O) groups excluding carboxylic acids is 3. The molecule has 1 N–H and O–H groups in total. The fraction of sp³-hybridized carbons (Fsp3) is 0.400. The number of nitrogens with zero attached hydrogens (tertiary/aromatic N) is 3. The summed E-state index contributed by atoms with van der Waals surface area (Å²) in [6.07, 6.45) is 2.50. The summed E-state index contributed by atoms with van der Waals surface area (Å²) in [5.41, 5.74) is 0.112. The largest absolute Gasteiger partial charge is 0.465 e. The predicted molar refractivity (Wildman–Crippen MR) is 151 cm³/mol. The topological polar surface area (TPSA) is 101 Å². The number of amides is 2. The molecule has 0 aliphatic carbocycles. The average molecular weight is 571 g/mol. The first-order chi connectivity index (χ1) is 19.6. The number of halogens is 2. The lowest BCUT2D eigenvalue weighted by Crippen LogP contribution is -2.41. The molecule has 9 nitrogen and oxygen atoms in total. The monoisotopic (exact) mass is 570 g/mol. The number of esters is 1. The van der Waals surface area contributed by atoms with Gasteiger partial charge < -0.3 is 14.4 Å². The summed E-state index contributed by atoms with van der Waals surface area (Å²) in [6.45, 7) is 0.308. The van der Waals surface area contributed by atoms with Gasteiger partial charge in [-0.05, 0) is 62.9 Å². The van der Waals surface area contributed by atoms with Crippen LogP contribution in [0.5, 0.6) is 0 Å². The molecule has 3 rings (SSSR count). The first-order valence-electron chi connectivity index (χ1n) is 13.4. The maximum absolute atomic E-state index is 14.0. The molecular formula is C30H36F2N4O5. The van der Waals surface area contributed by atoms with E-state index in [4.69, 9.17) is 9.47 Å². The molecule has 0 aliphatic heterocycles. The molecule has 1 heterocycles. The Labute approximate surface area is 238 Å². The number of anilines is 1. The Kier molecular flexibility index (Phi) is 12.0. The smallest absolute Gasteiger partial charge is 0.412 e. The highest BCUT2D eigenvalue weighted by Gasteiger charge is 2.22. The van der Waals surface area contributed by atoms with Gasteiger partial charge in [0.2, 0.25) is 5.91 Å². The van der Waals surface area contributed by atoms with E-state index in [0.717, 1.165) is 16.8 Å². The van der Waals surface area contributed by atoms with Gasteiger partial charge in [-0.2, -0.15) is 0 Å². The van der Waals surface area contributed by atoms with E-state index in [0.29, 0.717) is 25.1 Å². The Morgan fingerprint density at radius 1 is 0.976 bits per heavy atom. The molecule has 1 atom stereocenters. The van der Waals surface area contributed by atoms with Crippen molar-refractivity contribution >= 4 is 34.6 Å². The van der Waals surface area contributed by atoms with Crippen LogP contribution in [0.25, 0.3) is 10.8 Å². The van der Waals surface area contributed by atoms with Crippen molar-refractivity contribution in [3.63, 3.8) is 0 Å². The van der Waals surface area contributed by atoms with Crippen LogP contribution in [0, 0.1) is 11.6 Å². The summed E-state index contributed by atoms with van der Waals surface area (Å²) in [4.78, 5) is 44.7. The first kappa shape index (κ1) is 31.4. The molecule has 2 amide bonds. The number of nitrogens with one attached hydrogen (secondary N) is 1. The zero-order valence-electron chi connectivity index (χ0n) is 23.6. The van der Waals surface area contributed by atoms with Crippen LogP contribution < -0.4 is 5.32 Å². The van der Waals surface area contributed by atoms with E-state index < -0.39 is 23.8 Å². The number of aromatic nitrogens is 1. The van der Waals surface area contributed by atoms with Crippen LogP contribution in [-0.2, 0) is 25.5 Å². The summed E-state index contributed by atoms with van der Waals surface area (Å²) in [6, 6.07) is 12.7. The molecule has 3 aromatic rings. The number of unbranched alkanes of at least 4 members (excludes halogenated alkanes) is 1. The molecule has 0 saturated carbocycles. The number of ether oxygens (including phenoxy) is 2. The number of hydrogen-bond acceptors (Lipinski definition) is 7. The second-order valence-electron chi connectivity index (χ2n) is 9.97. The van der Waals surface area contributed by atoms with Gasteiger partial charge in [0.25, 0.3) is 0 Å². The summed E-state index contributed by atoms with van der Waals surface area (Å²) in [5.74, 6) is -2.24. The van der Waals surface area contributed by atoms with E-state index in [1.807, 2.05) is 24.3 Å². The third-order valence-electron chi connectivity index (χ3n) is 6.49. The zero-order chi connectivity index (χ0) is 29.8. The fourth-order valence-electron chi connectivity index (χ4n) is 4.19. The normalized spacial score (nSPS) is 11.8. The molecule has 0 bridgehead atoms. The molecule has 0 unspecified atom stereocenters. The Bertz CT molecular complexity index is 1340. The minimum atomic E-state index is -0.967. The summed E-state index contributed by atoms with van der Waals surface area (Å²) < 4.78 is 38.3. The van der Waals surface area contributed by atoms with Crippen LogP contribution in [0.15, 0.2) is 54.7 Å². The van der Waals surface area contributed by atoms with Gasteiger partial charge in [-0.15, -0.1) is 0 Å². The summed E-state index contributed by atoms with van der Waals surface area (Å²) in [5, 5.41) is 4.44. The molecular weight excluding hydrogens is 534 g/mol. The number of benzene rings is 2. The van der Waals surface area contributed by atoms with Gasteiger partial charge in [0, 0.05) is 25.1 Å². The summed E-state index contributed by atoms with van der Waals surface area (Å²) in [7, 11) is 5.12. The third kappa shape index (κ3) is 10.1. The molecule has 1 aromatic heterocycles. The lowest BCUT2D eigenvalue weighted by Gasteiger charge is -2.28. The van der Waals surface area contributed by atoms with Crippen molar-refractivity contribution in [1.82, 2.24) is 14.8 Å². The van der Waals surface area contributed by atoms with Crippen molar-refractivity contribution in [3.05, 3.63) is 71.9 Å². The molecule has 2 aromatic carbocycles. The zero-order valence-corrected chi connectivity index (χ0v) is 23.6. The fourth-order valence-corrected chi connectivity index (χ4v) is 4.19. The van der Waals surface area contributed by atoms with Crippen molar-refractivity contribution in [2.24, 2.45) is 0 Å². The highest BCUT2D eigenvalue weighted by molar-refractivity contribution is 5.89. The number of carbonyl (C=O) groups is 3. The van der Waals surface area contributed by atoms with Gasteiger partial charge in [-0.1, -0.05) is 36.4 Å². The van der Waals surface area contributed by atoms with Crippen LogP contribution in [-0.4, -0.2) is 79.7 Å². The van der Waals surface area contributed by atoms with Crippen LogP contribution >= 0.6 is 0 Å². The van der Waals surface area contributed by atoms with Crippen molar-refractivity contribution in [1.29, 1.82) is 0 Å². The molecule has 41 heavy (non-hydrogen) atoms. The number of rotatable bonds is 14. The lowest BCUT2D eigenvalue weighted by molar-refractivity contribution is -0.144. The van der Waals surface area contributed by atoms with Crippen molar-refractivity contribution in [2.75, 3.05) is 46.2 Å². The number of likely N-dealkylation sites (N-methyl/N-ethyl adjacent to an activating group) is 2. The van der Waals surface area contributed by atoms with Crippen LogP contribution in [0.1, 0.15) is 31.2 Å². The van der Waals surface area contributed by atoms with Crippen molar-refractivity contribution in [2.45, 2.75) is 38.1 Å². The van der Waals surface area contributed by atoms with Gasteiger partial charge in [-0.25, -0.2) is 18.6 Å². The minimum absolute atomic E-state index is 0.0241. The number of aryl methyl sites for hydroxylation is 1. The Morgan fingerprint density at radius 3 is 2.49 bits per heavy atom. The molecule has 0 spiro atoms. The molecule has 0 aliphatic rings. The lowest BCUT2D eigenvalue weighted by atomic mass is 10.1. The third-order valence-corrected chi connectivity index (χ3v) is 6.49. The average Bonchev–Trinajstić information content (AvgIpc) is 2.94. The molecule has 0 fully saturated rings. The SMILES string of the molecule is CN(C)CC(=O)OCCCC[C@@H](COC(=O)Nc1cc2ccccc2cn1)N(C)C(=O)CCc1cccc(F)c1F. The Morgan fingerprint density at radius 2 is 1.73 bits per heavy atom. The maximum atomic E-state index is 14.0. The van der Waals surface area contributed by atoms with Gasteiger partial charge in [0.15, 0.2) is 11.6 Å². The van der Waals surface area contributed by atoms with Gasteiger partial charge >= 0.3 is 12.1 Å². The van der Waals surface area contributed by atoms with E-state index in [1.165, 1.54) is 17.0 Å². The first-order valence-corrected chi connectivity index (χ1v) is 13.4. The highest BCUT2D eigenvalue weighted by atomic mass is 19.2. The second-order valence-corrected chi connectivity index (χ2v) is 9.97. The van der Waals surface area contributed by atoms with Crippen LogP contribution in [0.3, 0.4) is 0 Å². The van der Waals surface area contributed by atoms with E-state index in [9.17, 15) is 23.2 Å². The standard InChI is InChI=1S/C30H36F2N4O5/c1-35(2)19-28(38)40-16-7-6-12-24(36(3)27(37)15-14-21-11-8-13-25(31)29(21)32)20-41-30(39)34-26-17-22-9-4-5-10-23(22)18-33-26/h4-5,8-11,13,17-18,24H,6-7,12,14-16,19-20H2,1-3H3,(H,33,34,39)/t24-/m0/s1. The quantitative estimate of drug-likeness (QED) is 0.220. The maximum Gasteiger partial charge on any atom is 0.412 e. The van der Waals surface area contributed by atoms with E-state index >= 15 is 0 Å². The van der Waals surface area contributed by atoms with E-state index in [-0.39, 0.29) is 50.0 Å². The molecule has 0 radical (unpaired) electrons. The Balaban J connectivity index is 1.57.